The monoisotopic (exact) mass is 276 g/mol. The SMILES string of the molecule is CCC1CCN(Cc2ccccc2OC)CCC(C)N1. The third-order valence-corrected chi connectivity index (χ3v) is 4.27. The highest BCUT2D eigenvalue weighted by Crippen LogP contribution is 2.20. The Labute approximate surface area is 123 Å². The molecule has 3 nitrogen and oxygen atoms in total. The minimum atomic E-state index is 0.611. The summed E-state index contributed by atoms with van der Waals surface area (Å²) in [4.78, 5) is 2.57. The zero-order chi connectivity index (χ0) is 14.4. The van der Waals surface area contributed by atoms with Gasteiger partial charge in [-0.1, -0.05) is 25.1 Å². The van der Waals surface area contributed by atoms with E-state index >= 15 is 0 Å². The predicted octanol–water partition coefficient (Wildman–Crippen LogP) is 3.05. The molecule has 1 aromatic rings. The first kappa shape index (κ1) is 15.3. The van der Waals surface area contributed by atoms with Crippen LogP contribution in [0.15, 0.2) is 24.3 Å². The maximum absolute atomic E-state index is 5.47. The molecule has 0 aromatic heterocycles. The van der Waals surface area contributed by atoms with Gasteiger partial charge < -0.3 is 10.1 Å². The first-order valence-corrected chi connectivity index (χ1v) is 7.83. The molecule has 1 N–H and O–H groups in total. The highest BCUT2D eigenvalue weighted by Gasteiger charge is 2.18. The highest BCUT2D eigenvalue weighted by atomic mass is 16.5. The van der Waals surface area contributed by atoms with Crippen LogP contribution >= 0.6 is 0 Å². The van der Waals surface area contributed by atoms with Crippen LogP contribution in [0.2, 0.25) is 0 Å². The summed E-state index contributed by atoms with van der Waals surface area (Å²) in [7, 11) is 1.76. The molecule has 2 atom stereocenters. The second-order valence-corrected chi connectivity index (χ2v) is 5.84. The van der Waals surface area contributed by atoms with Gasteiger partial charge in [-0.3, -0.25) is 4.90 Å². The second kappa shape index (κ2) is 7.65. The number of nitrogens with zero attached hydrogens (tertiary/aromatic N) is 1. The van der Waals surface area contributed by atoms with Crippen LogP contribution in [0.25, 0.3) is 0 Å². The summed E-state index contributed by atoms with van der Waals surface area (Å²) in [6, 6.07) is 9.64. The van der Waals surface area contributed by atoms with E-state index in [-0.39, 0.29) is 0 Å². The van der Waals surface area contributed by atoms with Gasteiger partial charge >= 0.3 is 0 Å². The van der Waals surface area contributed by atoms with Gasteiger partial charge in [0.25, 0.3) is 0 Å². The zero-order valence-corrected chi connectivity index (χ0v) is 13.1. The molecule has 1 saturated heterocycles. The number of nitrogens with one attached hydrogen (secondary N) is 1. The molecule has 1 aliphatic rings. The van der Waals surface area contributed by atoms with Crippen molar-refractivity contribution in [1.29, 1.82) is 0 Å². The summed E-state index contributed by atoms with van der Waals surface area (Å²) in [6.07, 6.45) is 3.66. The molecule has 20 heavy (non-hydrogen) atoms. The number of rotatable bonds is 4. The lowest BCUT2D eigenvalue weighted by atomic mass is 10.0. The third kappa shape index (κ3) is 4.22. The largest absolute Gasteiger partial charge is 0.496 e. The normalized spacial score (nSPS) is 24.9. The first-order chi connectivity index (χ1) is 9.72. The Bertz CT molecular complexity index is 408. The van der Waals surface area contributed by atoms with Crippen LogP contribution in [0.4, 0.5) is 0 Å². The van der Waals surface area contributed by atoms with Crippen LogP contribution < -0.4 is 10.1 Å². The summed E-state index contributed by atoms with van der Waals surface area (Å²) < 4.78 is 5.47. The third-order valence-electron chi connectivity index (χ3n) is 4.27. The maximum atomic E-state index is 5.47. The first-order valence-electron chi connectivity index (χ1n) is 7.83. The molecule has 1 aliphatic heterocycles. The van der Waals surface area contributed by atoms with E-state index in [1.165, 1.54) is 24.8 Å². The summed E-state index contributed by atoms with van der Waals surface area (Å²) in [5.41, 5.74) is 1.30. The van der Waals surface area contributed by atoms with E-state index in [1.807, 2.05) is 6.07 Å². The maximum Gasteiger partial charge on any atom is 0.123 e. The topological polar surface area (TPSA) is 24.5 Å². The fraction of sp³-hybridized carbons (Fsp3) is 0.647. The van der Waals surface area contributed by atoms with Crippen molar-refractivity contribution in [3.05, 3.63) is 29.8 Å². The summed E-state index contributed by atoms with van der Waals surface area (Å²) in [5, 5.41) is 3.72. The molecule has 3 heteroatoms. The summed E-state index contributed by atoms with van der Waals surface area (Å²) >= 11 is 0. The lowest BCUT2D eigenvalue weighted by Gasteiger charge is -2.32. The fourth-order valence-electron chi connectivity index (χ4n) is 2.95. The molecule has 1 heterocycles. The lowest BCUT2D eigenvalue weighted by Crippen LogP contribution is -2.43. The Balaban J connectivity index is 2.00. The average Bonchev–Trinajstić information content (AvgIpc) is 2.46. The molecule has 0 radical (unpaired) electrons. The van der Waals surface area contributed by atoms with Crippen LogP contribution in [0.5, 0.6) is 5.75 Å². The van der Waals surface area contributed by atoms with E-state index in [2.05, 4.69) is 42.3 Å². The Morgan fingerprint density at radius 1 is 1.25 bits per heavy atom. The van der Waals surface area contributed by atoms with Crippen molar-refractivity contribution >= 4 is 0 Å². The van der Waals surface area contributed by atoms with Crippen LogP contribution in [-0.2, 0) is 6.54 Å². The Morgan fingerprint density at radius 2 is 2.00 bits per heavy atom. The Kier molecular flexibility index (Phi) is 5.86. The molecular formula is C17H28N2O. The highest BCUT2D eigenvalue weighted by molar-refractivity contribution is 5.33. The Morgan fingerprint density at radius 3 is 2.75 bits per heavy atom. The fourth-order valence-corrected chi connectivity index (χ4v) is 2.95. The van der Waals surface area contributed by atoms with Gasteiger partial charge in [0.05, 0.1) is 7.11 Å². The van der Waals surface area contributed by atoms with E-state index in [0.29, 0.717) is 12.1 Å². The quantitative estimate of drug-likeness (QED) is 0.915. The van der Waals surface area contributed by atoms with Crippen molar-refractivity contribution in [2.45, 2.75) is 51.7 Å². The number of para-hydroxylation sites is 1. The van der Waals surface area contributed by atoms with E-state index in [4.69, 9.17) is 4.74 Å². The van der Waals surface area contributed by atoms with E-state index < -0.39 is 0 Å². The van der Waals surface area contributed by atoms with Crippen molar-refractivity contribution in [1.82, 2.24) is 10.2 Å². The van der Waals surface area contributed by atoms with Gasteiger partial charge in [-0.25, -0.2) is 0 Å². The molecule has 2 rings (SSSR count). The smallest absolute Gasteiger partial charge is 0.123 e. The van der Waals surface area contributed by atoms with Crippen molar-refractivity contribution in [2.75, 3.05) is 20.2 Å². The van der Waals surface area contributed by atoms with Gasteiger partial charge in [-0.05, 0) is 45.3 Å². The zero-order valence-electron chi connectivity index (χ0n) is 13.1. The van der Waals surface area contributed by atoms with Crippen LogP contribution in [0.3, 0.4) is 0 Å². The molecule has 0 aliphatic carbocycles. The molecular weight excluding hydrogens is 248 g/mol. The van der Waals surface area contributed by atoms with Crippen molar-refractivity contribution < 1.29 is 4.74 Å². The van der Waals surface area contributed by atoms with Gasteiger partial charge in [0.15, 0.2) is 0 Å². The van der Waals surface area contributed by atoms with Crippen molar-refractivity contribution in [3.63, 3.8) is 0 Å². The van der Waals surface area contributed by atoms with Gasteiger partial charge in [-0.15, -0.1) is 0 Å². The van der Waals surface area contributed by atoms with Crippen LogP contribution in [0.1, 0.15) is 38.7 Å². The predicted molar refractivity (Wildman–Crippen MR) is 84.2 cm³/mol. The number of methoxy groups -OCH3 is 1. The van der Waals surface area contributed by atoms with Crippen LogP contribution in [-0.4, -0.2) is 37.2 Å². The molecule has 112 valence electrons. The van der Waals surface area contributed by atoms with Crippen LogP contribution in [0, 0.1) is 0 Å². The summed E-state index contributed by atoms with van der Waals surface area (Å²) in [6.45, 7) is 7.89. The molecule has 0 amide bonds. The summed E-state index contributed by atoms with van der Waals surface area (Å²) in [5.74, 6) is 1.01. The van der Waals surface area contributed by atoms with Gasteiger partial charge in [0, 0.05) is 24.2 Å². The molecule has 2 unspecified atom stereocenters. The van der Waals surface area contributed by atoms with E-state index in [0.717, 1.165) is 25.4 Å². The van der Waals surface area contributed by atoms with Gasteiger partial charge in [0.1, 0.15) is 5.75 Å². The minimum Gasteiger partial charge on any atom is -0.496 e. The lowest BCUT2D eigenvalue weighted by molar-refractivity contribution is 0.204. The van der Waals surface area contributed by atoms with Crippen molar-refractivity contribution in [2.24, 2.45) is 0 Å². The number of hydrogen-bond acceptors (Lipinski definition) is 3. The van der Waals surface area contributed by atoms with E-state index in [1.54, 1.807) is 7.11 Å². The molecule has 0 bridgehead atoms. The van der Waals surface area contributed by atoms with Gasteiger partial charge in [0.2, 0.25) is 0 Å². The number of ether oxygens (including phenoxy) is 1. The van der Waals surface area contributed by atoms with Crippen molar-refractivity contribution in [3.8, 4) is 5.75 Å². The minimum absolute atomic E-state index is 0.611. The standard InChI is InChI=1S/C17H28N2O/c1-4-16-10-12-19(11-9-14(2)18-16)13-15-7-5-6-8-17(15)20-3/h5-8,14,16,18H,4,9-13H2,1-3H3. The molecule has 1 aromatic carbocycles. The molecule has 0 spiro atoms. The molecule has 0 saturated carbocycles. The molecule has 1 fully saturated rings. The number of benzene rings is 1. The second-order valence-electron chi connectivity index (χ2n) is 5.84. The van der Waals surface area contributed by atoms with Gasteiger partial charge in [-0.2, -0.15) is 0 Å². The van der Waals surface area contributed by atoms with E-state index in [9.17, 15) is 0 Å². The average molecular weight is 276 g/mol. The Hall–Kier alpha value is -1.06. The number of hydrogen-bond donors (Lipinski definition) is 1.